The molecule has 0 saturated carbocycles. The Balaban J connectivity index is 2.02. The van der Waals surface area contributed by atoms with Crippen LogP contribution in [0.2, 0.25) is 0 Å². The van der Waals surface area contributed by atoms with Gasteiger partial charge in [-0.1, -0.05) is 18.2 Å². The Morgan fingerprint density at radius 1 is 1.05 bits per heavy atom. The van der Waals surface area contributed by atoms with Crippen molar-refractivity contribution in [2.75, 3.05) is 0 Å². The first-order valence-corrected chi connectivity index (χ1v) is 7.01. The van der Waals surface area contributed by atoms with Gasteiger partial charge < -0.3 is 9.31 Å². The molecule has 1 aliphatic rings. The summed E-state index contributed by atoms with van der Waals surface area (Å²) >= 11 is 0. The van der Waals surface area contributed by atoms with Gasteiger partial charge in [-0.3, -0.25) is 4.98 Å². The second kappa shape index (κ2) is 4.30. The highest BCUT2D eigenvalue weighted by molar-refractivity contribution is 6.62. The fourth-order valence-electron chi connectivity index (χ4n) is 2.42. The third-order valence-corrected chi connectivity index (χ3v) is 4.49. The standard InChI is InChI=1S/C16H20BNO2/c1-11-7-6-8-14-13(11)9-12(10-18-14)17-19-15(2,3)16(4,5)20-17/h6-10H,1-5H3. The van der Waals surface area contributed by atoms with Gasteiger partial charge in [0.05, 0.1) is 16.7 Å². The number of aryl methyl sites for hydroxylation is 1. The van der Waals surface area contributed by atoms with Gasteiger partial charge in [-0.2, -0.15) is 0 Å². The van der Waals surface area contributed by atoms with Crippen molar-refractivity contribution in [2.45, 2.75) is 45.8 Å². The zero-order chi connectivity index (χ0) is 14.5. The Kier molecular flexibility index (Phi) is 2.92. The first-order chi connectivity index (χ1) is 9.30. The first-order valence-electron chi connectivity index (χ1n) is 7.01. The van der Waals surface area contributed by atoms with Crippen molar-refractivity contribution >= 4 is 23.5 Å². The zero-order valence-corrected chi connectivity index (χ0v) is 12.7. The van der Waals surface area contributed by atoms with Gasteiger partial charge in [-0.05, 0) is 46.2 Å². The van der Waals surface area contributed by atoms with Crippen LogP contribution in [0.1, 0.15) is 33.3 Å². The van der Waals surface area contributed by atoms with Crippen LogP contribution in [0.4, 0.5) is 0 Å². The summed E-state index contributed by atoms with van der Waals surface area (Å²) in [6, 6.07) is 8.27. The van der Waals surface area contributed by atoms with E-state index in [1.54, 1.807) is 0 Å². The van der Waals surface area contributed by atoms with Crippen LogP contribution in [0.5, 0.6) is 0 Å². The molecule has 0 atom stereocenters. The lowest BCUT2D eigenvalue weighted by Crippen LogP contribution is -2.41. The van der Waals surface area contributed by atoms with E-state index in [1.165, 1.54) is 5.56 Å². The van der Waals surface area contributed by atoms with Crippen molar-refractivity contribution < 1.29 is 9.31 Å². The molecular weight excluding hydrogens is 249 g/mol. The molecule has 0 spiro atoms. The second-order valence-electron chi connectivity index (χ2n) is 6.50. The van der Waals surface area contributed by atoms with E-state index in [0.717, 1.165) is 16.4 Å². The summed E-state index contributed by atoms with van der Waals surface area (Å²) in [7, 11) is -0.350. The van der Waals surface area contributed by atoms with Crippen LogP contribution in [0.15, 0.2) is 30.5 Å². The van der Waals surface area contributed by atoms with Crippen molar-refractivity contribution in [3.8, 4) is 0 Å². The summed E-state index contributed by atoms with van der Waals surface area (Å²) in [6.45, 7) is 10.3. The smallest absolute Gasteiger partial charge is 0.399 e. The molecule has 0 bridgehead atoms. The van der Waals surface area contributed by atoms with Gasteiger partial charge in [-0.15, -0.1) is 0 Å². The summed E-state index contributed by atoms with van der Waals surface area (Å²) < 4.78 is 12.2. The number of fused-ring (bicyclic) bond motifs is 1. The average Bonchev–Trinajstić information content (AvgIpc) is 2.59. The van der Waals surface area contributed by atoms with Gasteiger partial charge >= 0.3 is 7.12 Å². The highest BCUT2D eigenvalue weighted by Gasteiger charge is 2.51. The third-order valence-electron chi connectivity index (χ3n) is 4.49. The Bertz CT molecular complexity index is 651. The summed E-state index contributed by atoms with van der Waals surface area (Å²) in [4.78, 5) is 4.52. The normalized spacial score (nSPS) is 20.6. The van der Waals surface area contributed by atoms with Gasteiger partial charge in [0.25, 0.3) is 0 Å². The van der Waals surface area contributed by atoms with E-state index in [1.807, 2.05) is 18.3 Å². The topological polar surface area (TPSA) is 31.4 Å². The first kappa shape index (κ1) is 13.6. The molecule has 0 N–H and O–H groups in total. The maximum absolute atomic E-state index is 6.08. The number of rotatable bonds is 1. The molecule has 2 aromatic rings. The van der Waals surface area contributed by atoms with Gasteiger partial charge in [0.1, 0.15) is 0 Å². The molecule has 0 amide bonds. The largest absolute Gasteiger partial charge is 0.496 e. The lowest BCUT2D eigenvalue weighted by atomic mass is 9.79. The minimum absolute atomic E-state index is 0.321. The van der Waals surface area contributed by atoms with Crippen molar-refractivity contribution in [3.05, 3.63) is 36.0 Å². The fraction of sp³-hybridized carbons (Fsp3) is 0.438. The minimum Gasteiger partial charge on any atom is -0.399 e. The summed E-state index contributed by atoms with van der Waals surface area (Å²) in [6.07, 6.45) is 1.85. The van der Waals surface area contributed by atoms with Crippen LogP contribution in [0, 0.1) is 6.92 Å². The van der Waals surface area contributed by atoms with Crippen LogP contribution in [0.3, 0.4) is 0 Å². The van der Waals surface area contributed by atoms with Gasteiger partial charge in [0.15, 0.2) is 0 Å². The predicted octanol–water partition coefficient (Wildman–Crippen LogP) is 2.84. The van der Waals surface area contributed by atoms with Crippen molar-refractivity contribution in [1.29, 1.82) is 0 Å². The van der Waals surface area contributed by atoms with Crippen LogP contribution in [-0.4, -0.2) is 23.3 Å². The van der Waals surface area contributed by atoms with E-state index in [4.69, 9.17) is 9.31 Å². The molecule has 3 rings (SSSR count). The SMILES string of the molecule is Cc1cccc2ncc(B3OC(C)(C)C(C)(C)O3)cc12. The minimum atomic E-state index is -0.350. The maximum atomic E-state index is 6.08. The number of benzene rings is 1. The van der Waals surface area contributed by atoms with Crippen molar-refractivity contribution in [2.24, 2.45) is 0 Å². The summed E-state index contributed by atoms with van der Waals surface area (Å²) in [5.74, 6) is 0. The van der Waals surface area contributed by atoms with Gasteiger partial charge in [-0.25, -0.2) is 0 Å². The molecule has 4 heteroatoms. The van der Waals surface area contributed by atoms with E-state index < -0.39 is 0 Å². The molecule has 1 fully saturated rings. The predicted molar refractivity (Wildman–Crippen MR) is 82.2 cm³/mol. The summed E-state index contributed by atoms with van der Waals surface area (Å²) in [5.41, 5.74) is 2.56. The average molecular weight is 269 g/mol. The number of nitrogens with zero attached hydrogens (tertiary/aromatic N) is 1. The van der Waals surface area contributed by atoms with E-state index in [9.17, 15) is 0 Å². The monoisotopic (exact) mass is 269 g/mol. The number of hydrogen-bond donors (Lipinski definition) is 0. The maximum Gasteiger partial charge on any atom is 0.496 e. The van der Waals surface area contributed by atoms with E-state index in [0.29, 0.717) is 0 Å². The molecule has 1 saturated heterocycles. The molecule has 3 nitrogen and oxygen atoms in total. The Labute approximate surface area is 120 Å². The van der Waals surface area contributed by atoms with Crippen molar-refractivity contribution in [3.63, 3.8) is 0 Å². The van der Waals surface area contributed by atoms with Crippen LogP contribution < -0.4 is 5.46 Å². The lowest BCUT2D eigenvalue weighted by molar-refractivity contribution is 0.00578. The Hall–Kier alpha value is -1.39. The zero-order valence-electron chi connectivity index (χ0n) is 12.7. The van der Waals surface area contributed by atoms with Crippen LogP contribution >= 0.6 is 0 Å². The Morgan fingerprint density at radius 3 is 2.35 bits per heavy atom. The molecule has 0 aliphatic carbocycles. The quantitative estimate of drug-likeness (QED) is 0.746. The van der Waals surface area contributed by atoms with Crippen LogP contribution in [-0.2, 0) is 9.31 Å². The molecule has 2 heterocycles. The number of aromatic nitrogens is 1. The summed E-state index contributed by atoms with van der Waals surface area (Å²) in [5, 5.41) is 1.15. The molecule has 104 valence electrons. The third kappa shape index (κ3) is 2.04. The van der Waals surface area contributed by atoms with Crippen molar-refractivity contribution in [1.82, 2.24) is 4.98 Å². The lowest BCUT2D eigenvalue weighted by Gasteiger charge is -2.32. The number of pyridine rings is 1. The van der Waals surface area contributed by atoms with E-state index >= 15 is 0 Å². The molecule has 0 unspecified atom stereocenters. The number of hydrogen-bond acceptors (Lipinski definition) is 3. The Morgan fingerprint density at radius 2 is 1.70 bits per heavy atom. The van der Waals surface area contributed by atoms with E-state index in [2.05, 4.69) is 51.7 Å². The molecule has 1 aromatic carbocycles. The highest BCUT2D eigenvalue weighted by atomic mass is 16.7. The van der Waals surface area contributed by atoms with E-state index in [-0.39, 0.29) is 18.3 Å². The van der Waals surface area contributed by atoms with Crippen LogP contribution in [0.25, 0.3) is 10.9 Å². The van der Waals surface area contributed by atoms with Gasteiger partial charge in [0, 0.05) is 17.0 Å². The molecule has 1 aliphatic heterocycles. The van der Waals surface area contributed by atoms with Gasteiger partial charge in [0.2, 0.25) is 0 Å². The highest BCUT2D eigenvalue weighted by Crippen LogP contribution is 2.36. The second-order valence-corrected chi connectivity index (χ2v) is 6.50. The fourth-order valence-corrected chi connectivity index (χ4v) is 2.42. The molecular formula is C16H20BNO2. The molecule has 20 heavy (non-hydrogen) atoms. The molecule has 0 radical (unpaired) electrons. The molecule has 1 aromatic heterocycles.